The quantitative estimate of drug-likeness (QED) is 0.826. The number of aromatic nitrogens is 1. The number of rotatable bonds is 5. The second-order valence-electron chi connectivity index (χ2n) is 4.06. The molecule has 0 spiro atoms. The van der Waals surface area contributed by atoms with E-state index in [1.165, 1.54) is 0 Å². The molecule has 90 valence electrons. The first-order chi connectivity index (χ1) is 8.16. The molecule has 0 unspecified atom stereocenters. The second-order valence-corrected chi connectivity index (χ2v) is 4.50. The van der Waals surface area contributed by atoms with Crippen molar-refractivity contribution in [2.24, 2.45) is 0 Å². The summed E-state index contributed by atoms with van der Waals surface area (Å²) in [6.45, 7) is 0.830. The third kappa shape index (κ3) is 3.01. The summed E-state index contributed by atoms with van der Waals surface area (Å²) in [7, 11) is 0. The van der Waals surface area contributed by atoms with Gasteiger partial charge >= 0.3 is 5.97 Å². The normalized spacial score (nSPS) is 10.9. The topological polar surface area (TPSA) is 42.2 Å². The summed E-state index contributed by atoms with van der Waals surface area (Å²) >= 11 is 5.96. The number of hydrogen-bond donors (Lipinski definition) is 1. The van der Waals surface area contributed by atoms with E-state index in [1.807, 2.05) is 30.5 Å². The third-order valence-corrected chi connectivity index (χ3v) is 3.01. The van der Waals surface area contributed by atoms with E-state index in [0.29, 0.717) is 6.42 Å². The first-order valence-corrected chi connectivity index (χ1v) is 6.01. The molecule has 0 amide bonds. The lowest BCUT2D eigenvalue weighted by atomic mass is 10.2. The summed E-state index contributed by atoms with van der Waals surface area (Å²) in [6, 6.07) is 7.85. The summed E-state index contributed by atoms with van der Waals surface area (Å²) in [6.07, 6.45) is 3.82. The summed E-state index contributed by atoms with van der Waals surface area (Å²) in [5.74, 6) is -0.731. The van der Waals surface area contributed by atoms with E-state index in [-0.39, 0.29) is 6.42 Å². The van der Waals surface area contributed by atoms with Crippen LogP contribution in [0.4, 0.5) is 0 Å². The van der Waals surface area contributed by atoms with Gasteiger partial charge in [-0.2, -0.15) is 0 Å². The van der Waals surface area contributed by atoms with Crippen LogP contribution in [-0.2, 0) is 11.3 Å². The molecule has 0 aliphatic heterocycles. The zero-order chi connectivity index (χ0) is 12.3. The monoisotopic (exact) mass is 251 g/mol. The Labute approximate surface area is 105 Å². The first-order valence-electron chi connectivity index (χ1n) is 5.63. The Morgan fingerprint density at radius 2 is 2.12 bits per heavy atom. The average molecular weight is 252 g/mol. The van der Waals surface area contributed by atoms with Crippen LogP contribution < -0.4 is 0 Å². The number of benzene rings is 1. The minimum atomic E-state index is -0.731. The lowest BCUT2D eigenvalue weighted by Gasteiger charge is -2.04. The Morgan fingerprint density at radius 1 is 1.29 bits per heavy atom. The standard InChI is InChI=1S/C13H14ClNO2/c14-11-5-4-10-6-8-15(12(10)9-11)7-2-1-3-13(16)17/h4-6,8-9H,1-3,7H2,(H,16,17). The minimum absolute atomic E-state index is 0.236. The molecule has 0 saturated carbocycles. The molecule has 1 aromatic carbocycles. The molecular weight excluding hydrogens is 238 g/mol. The Balaban J connectivity index is 2.03. The molecule has 0 aliphatic rings. The van der Waals surface area contributed by atoms with Gasteiger partial charge in [0.05, 0.1) is 0 Å². The Kier molecular flexibility index (Phi) is 3.69. The predicted molar refractivity (Wildman–Crippen MR) is 68.4 cm³/mol. The molecule has 0 saturated heterocycles. The fourth-order valence-corrected chi connectivity index (χ4v) is 2.08. The number of halogens is 1. The van der Waals surface area contributed by atoms with Gasteiger partial charge in [0, 0.05) is 29.7 Å². The fourth-order valence-electron chi connectivity index (χ4n) is 1.91. The van der Waals surface area contributed by atoms with E-state index in [9.17, 15) is 4.79 Å². The van der Waals surface area contributed by atoms with Gasteiger partial charge in [-0.05, 0) is 36.4 Å². The molecule has 0 aliphatic carbocycles. The number of fused-ring (bicyclic) bond motifs is 1. The van der Waals surface area contributed by atoms with Crippen LogP contribution in [0.2, 0.25) is 5.02 Å². The van der Waals surface area contributed by atoms with Crippen molar-refractivity contribution >= 4 is 28.5 Å². The third-order valence-electron chi connectivity index (χ3n) is 2.78. The largest absolute Gasteiger partial charge is 0.481 e. The van der Waals surface area contributed by atoms with Crippen LogP contribution >= 0.6 is 11.6 Å². The molecule has 4 heteroatoms. The van der Waals surface area contributed by atoms with Crippen molar-refractivity contribution < 1.29 is 9.90 Å². The minimum Gasteiger partial charge on any atom is -0.481 e. The van der Waals surface area contributed by atoms with Gasteiger partial charge in [-0.15, -0.1) is 0 Å². The highest BCUT2D eigenvalue weighted by atomic mass is 35.5. The van der Waals surface area contributed by atoms with Crippen LogP contribution in [0, 0.1) is 0 Å². The molecule has 1 heterocycles. The number of aryl methyl sites for hydroxylation is 1. The molecular formula is C13H14ClNO2. The van der Waals surface area contributed by atoms with Gasteiger partial charge in [0.15, 0.2) is 0 Å². The number of hydrogen-bond acceptors (Lipinski definition) is 1. The van der Waals surface area contributed by atoms with Crippen LogP contribution in [0.3, 0.4) is 0 Å². The smallest absolute Gasteiger partial charge is 0.303 e. The SMILES string of the molecule is O=C(O)CCCCn1ccc2ccc(Cl)cc21. The highest BCUT2D eigenvalue weighted by molar-refractivity contribution is 6.31. The highest BCUT2D eigenvalue weighted by Gasteiger charge is 2.02. The molecule has 1 N–H and O–H groups in total. The van der Waals surface area contributed by atoms with Gasteiger partial charge in [-0.1, -0.05) is 17.7 Å². The lowest BCUT2D eigenvalue weighted by molar-refractivity contribution is -0.137. The average Bonchev–Trinajstić information content (AvgIpc) is 2.67. The summed E-state index contributed by atoms with van der Waals surface area (Å²) < 4.78 is 2.11. The number of aliphatic carboxylic acids is 1. The molecule has 1 aromatic heterocycles. The maximum Gasteiger partial charge on any atom is 0.303 e. The molecule has 0 radical (unpaired) electrons. The van der Waals surface area contributed by atoms with Gasteiger partial charge < -0.3 is 9.67 Å². The van der Waals surface area contributed by atoms with Gasteiger partial charge in [-0.3, -0.25) is 4.79 Å². The molecule has 17 heavy (non-hydrogen) atoms. The number of nitrogens with zero attached hydrogens (tertiary/aromatic N) is 1. The number of carboxylic acids is 1. The van der Waals surface area contributed by atoms with Gasteiger partial charge in [-0.25, -0.2) is 0 Å². The van der Waals surface area contributed by atoms with Crippen molar-refractivity contribution in [1.82, 2.24) is 4.57 Å². The maximum absolute atomic E-state index is 10.4. The van der Waals surface area contributed by atoms with Crippen molar-refractivity contribution in [2.45, 2.75) is 25.8 Å². The zero-order valence-corrected chi connectivity index (χ0v) is 10.2. The number of unbranched alkanes of at least 4 members (excludes halogenated alkanes) is 1. The molecule has 0 atom stereocenters. The van der Waals surface area contributed by atoms with Crippen molar-refractivity contribution in [2.75, 3.05) is 0 Å². The zero-order valence-electron chi connectivity index (χ0n) is 9.40. The van der Waals surface area contributed by atoms with E-state index in [0.717, 1.165) is 28.9 Å². The maximum atomic E-state index is 10.4. The van der Waals surface area contributed by atoms with E-state index in [2.05, 4.69) is 4.57 Å². The molecule has 2 aromatic rings. The highest BCUT2D eigenvalue weighted by Crippen LogP contribution is 2.21. The van der Waals surface area contributed by atoms with Crippen LogP contribution in [-0.4, -0.2) is 15.6 Å². The van der Waals surface area contributed by atoms with Crippen molar-refractivity contribution in [3.8, 4) is 0 Å². The molecule has 0 bridgehead atoms. The first kappa shape index (κ1) is 12.0. The van der Waals surface area contributed by atoms with E-state index in [4.69, 9.17) is 16.7 Å². The summed E-state index contributed by atoms with van der Waals surface area (Å²) in [5, 5.41) is 10.4. The van der Waals surface area contributed by atoms with E-state index >= 15 is 0 Å². The van der Waals surface area contributed by atoms with E-state index < -0.39 is 5.97 Å². The fraction of sp³-hybridized carbons (Fsp3) is 0.308. The van der Waals surface area contributed by atoms with Crippen molar-refractivity contribution in [3.63, 3.8) is 0 Å². The van der Waals surface area contributed by atoms with Gasteiger partial charge in [0.2, 0.25) is 0 Å². The molecule has 0 fully saturated rings. The lowest BCUT2D eigenvalue weighted by Crippen LogP contribution is -1.99. The van der Waals surface area contributed by atoms with Gasteiger partial charge in [0.25, 0.3) is 0 Å². The Morgan fingerprint density at radius 3 is 2.88 bits per heavy atom. The summed E-state index contributed by atoms with van der Waals surface area (Å²) in [4.78, 5) is 10.4. The van der Waals surface area contributed by atoms with Crippen molar-refractivity contribution in [1.29, 1.82) is 0 Å². The molecule has 2 rings (SSSR count). The summed E-state index contributed by atoms with van der Waals surface area (Å²) in [5.41, 5.74) is 1.10. The number of carboxylic acid groups (broad SMARTS) is 1. The van der Waals surface area contributed by atoms with E-state index in [1.54, 1.807) is 0 Å². The number of carbonyl (C=O) groups is 1. The van der Waals surface area contributed by atoms with Crippen LogP contribution in [0.15, 0.2) is 30.5 Å². The van der Waals surface area contributed by atoms with Crippen LogP contribution in [0.5, 0.6) is 0 Å². The van der Waals surface area contributed by atoms with Crippen LogP contribution in [0.1, 0.15) is 19.3 Å². The molecule has 3 nitrogen and oxygen atoms in total. The predicted octanol–water partition coefficient (Wildman–Crippen LogP) is 3.55. The second kappa shape index (κ2) is 5.23. The Bertz CT molecular complexity index is 533. The van der Waals surface area contributed by atoms with Gasteiger partial charge in [0.1, 0.15) is 0 Å². The van der Waals surface area contributed by atoms with Crippen LogP contribution in [0.25, 0.3) is 10.9 Å². The Hall–Kier alpha value is -1.48. The van der Waals surface area contributed by atoms with Crippen molar-refractivity contribution in [3.05, 3.63) is 35.5 Å².